The molecule has 0 aromatic heterocycles. The van der Waals surface area contributed by atoms with Gasteiger partial charge in [-0.1, -0.05) is 48.3 Å². The minimum Gasteiger partial charge on any atom is -0.357 e. The molecule has 0 heterocycles. The van der Waals surface area contributed by atoms with Crippen molar-refractivity contribution in [3.63, 3.8) is 0 Å². The highest BCUT2D eigenvalue weighted by Crippen LogP contribution is 2.23. The predicted molar refractivity (Wildman–Crippen MR) is 105 cm³/mol. The summed E-state index contributed by atoms with van der Waals surface area (Å²) in [5.41, 5.74) is 1.44. The number of nitrogens with one attached hydrogen (secondary N) is 1. The Bertz CT molecular complexity index is 812. The highest BCUT2D eigenvalue weighted by molar-refractivity contribution is 6.42. The molecule has 2 aromatic rings. The lowest BCUT2D eigenvalue weighted by Crippen LogP contribution is -2.48. The van der Waals surface area contributed by atoms with Crippen LogP contribution < -0.4 is 5.32 Å². The van der Waals surface area contributed by atoms with Crippen LogP contribution in [0.2, 0.25) is 10.0 Å². The molecule has 0 saturated carbocycles. The van der Waals surface area contributed by atoms with Crippen LogP contribution in [0.5, 0.6) is 0 Å². The third-order valence-electron chi connectivity index (χ3n) is 4.24. The SMILES string of the molecule is CC[C@@H](C(=O)NC)N(Cc1ccc(F)cc1)C(=O)Cc1ccc(Cl)c(Cl)c1. The number of hydrogen-bond donors (Lipinski definition) is 1. The maximum Gasteiger partial charge on any atom is 0.242 e. The molecule has 1 atom stereocenters. The smallest absolute Gasteiger partial charge is 0.242 e. The van der Waals surface area contributed by atoms with E-state index in [0.717, 1.165) is 5.56 Å². The van der Waals surface area contributed by atoms with Crippen molar-refractivity contribution in [2.75, 3.05) is 7.05 Å². The van der Waals surface area contributed by atoms with Crippen LogP contribution in [-0.2, 0) is 22.6 Å². The van der Waals surface area contributed by atoms with Gasteiger partial charge in [-0.2, -0.15) is 0 Å². The molecule has 0 saturated heterocycles. The summed E-state index contributed by atoms with van der Waals surface area (Å²) in [6.07, 6.45) is 0.527. The topological polar surface area (TPSA) is 49.4 Å². The fourth-order valence-electron chi connectivity index (χ4n) is 2.80. The lowest BCUT2D eigenvalue weighted by Gasteiger charge is -2.30. The van der Waals surface area contributed by atoms with Crippen molar-refractivity contribution >= 4 is 35.0 Å². The van der Waals surface area contributed by atoms with E-state index >= 15 is 0 Å². The van der Waals surface area contributed by atoms with E-state index < -0.39 is 6.04 Å². The molecule has 144 valence electrons. The average Bonchev–Trinajstić information content (AvgIpc) is 2.65. The molecular formula is C20H21Cl2FN2O2. The number of halogens is 3. The molecule has 0 spiro atoms. The highest BCUT2D eigenvalue weighted by Gasteiger charge is 2.28. The van der Waals surface area contributed by atoms with Gasteiger partial charge in [0.05, 0.1) is 16.5 Å². The summed E-state index contributed by atoms with van der Waals surface area (Å²) < 4.78 is 13.2. The Morgan fingerprint density at radius 3 is 2.26 bits per heavy atom. The quantitative estimate of drug-likeness (QED) is 0.742. The molecule has 0 radical (unpaired) electrons. The molecule has 1 N–H and O–H groups in total. The van der Waals surface area contributed by atoms with Gasteiger partial charge >= 0.3 is 0 Å². The summed E-state index contributed by atoms with van der Waals surface area (Å²) in [4.78, 5) is 26.8. The number of benzene rings is 2. The van der Waals surface area contributed by atoms with E-state index in [2.05, 4.69) is 5.32 Å². The Morgan fingerprint density at radius 2 is 1.70 bits per heavy atom. The molecule has 0 unspecified atom stereocenters. The standard InChI is InChI=1S/C20H21Cl2FN2O2/c1-3-18(20(27)24-2)25(12-13-4-7-15(23)8-5-13)19(26)11-14-6-9-16(21)17(22)10-14/h4-10,18H,3,11-12H2,1-2H3,(H,24,27)/t18-/m0/s1. The first-order valence-corrected chi connectivity index (χ1v) is 9.30. The number of carbonyl (C=O) groups excluding carboxylic acids is 2. The highest BCUT2D eigenvalue weighted by atomic mass is 35.5. The van der Waals surface area contributed by atoms with E-state index in [0.29, 0.717) is 22.0 Å². The number of rotatable bonds is 7. The summed E-state index contributed by atoms with van der Waals surface area (Å²) in [6, 6.07) is 10.2. The second-order valence-corrected chi connectivity index (χ2v) is 6.93. The summed E-state index contributed by atoms with van der Waals surface area (Å²) in [5.74, 6) is -0.832. The fourth-order valence-corrected chi connectivity index (χ4v) is 3.12. The molecule has 27 heavy (non-hydrogen) atoms. The Morgan fingerprint density at radius 1 is 1.07 bits per heavy atom. The average molecular weight is 411 g/mol. The number of nitrogens with zero attached hydrogens (tertiary/aromatic N) is 1. The zero-order chi connectivity index (χ0) is 20.0. The zero-order valence-electron chi connectivity index (χ0n) is 15.1. The lowest BCUT2D eigenvalue weighted by atomic mass is 10.1. The van der Waals surface area contributed by atoms with Gasteiger partial charge in [0.1, 0.15) is 11.9 Å². The third-order valence-corrected chi connectivity index (χ3v) is 4.98. The molecule has 0 bridgehead atoms. The summed E-state index contributed by atoms with van der Waals surface area (Å²) in [5, 5.41) is 3.37. The summed E-state index contributed by atoms with van der Waals surface area (Å²) in [7, 11) is 1.53. The Balaban J connectivity index is 2.28. The number of likely N-dealkylation sites (N-methyl/N-ethyl adjacent to an activating group) is 1. The lowest BCUT2D eigenvalue weighted by molar-refractivity contribution is -0.140. The molecule has 2 aromatic carbocycles. The van der Waals surface area contributed by atoms with Crippen LogP contribution in [0, 0.1) is 5.82 Å². The van der Waals surface area contributed by atoms with Gasteiger partial charge < -0.3 is 10.2 Å². The summed E-state index contributed by atoms with van der Waals surface area (Å²) >= 11 is 11.9. The van der Waals surface area contributed by atoms with E-state index in [1.54, 1.807) is 30.3 Å². The maximum absolute atomic E-state index is 13.2. The van der Waals surface area contributed by atoms with Gasteiger partial charge in [0, 0.05) is 13.6 Å². The van der Waals surface area contributed by atoms with E-state index in [1.807, 2.05) is 6.92 Å². The molecule has 0 fully saturated rings. The molecule has 4 nitrogen and oxygen atoms in total. The van der Waals surface area contributed by atoms with Crippen molar-refractivity contribution < 1.29 is 14.0 Å². The first-order chi connectivity index (χ1) is 12.8. The van der Waals surface area contributed by atoms with Gasteiger partial charge in [-0.25, -0.2) is 4.39 Å². The minimum absolute atomic E-state index is 0.0750. The largest absolute Gasteiger partial charge is 0.357 e. The van der Waals surface area contributed by atoms with Gasteiger partial charge in [0.25, 0.3) is 0 Å². The predicted octanol–water partition coefficient (Wildman–Crippen LogP) is 4.23. The summed E-state index contributed by atoms with van der Waals surface area (Å²) in [6.45, 7) is 2.04. The van der Waals surface area contributed by atoms with Crippen LogP contribution in [0.4, 0.5) is 4.39 Å². The molecule has 7 heteroatoms. The monoisotopic (exact) mass is 410 g/mol. The number of amides is 2. The number of carbonyl (C=O) groups is 2. The Labute approximate surface area is 168 Å². The zero-order valence-corrected chi connectivity index (χ0v) is 16.6. The van der Waals surface area contributed by atoms with Gasteiger partial charge in [0.15, 0.2) is 0 Å². The first kappa shape index (κ1) is 21.2. The van der Waals surface area contributed by atoms with Crippen molar-refractivity contribution in [3.8, 4) is 0 Å². The molecule has 0 aliphatic carbocycles. The maximum atomic E-state index is 13.2. The number of hydrogen-bond acceptors (Lipinski definition) is 2. The molecule has 2 rings (SSSR count). The van der Waals surface area contributed by atoms with Crippen LogP contribution in [0.15, 0.2) is 42.5 Å². The van der Waals surface area contributed by atoms with Crippen LogP contribution in [0.25, 0.3) is 0 Å². The van der Waals surface area contributed by atoms with Crippen LogP contribution >= 0.6 is 23.2 Å². The van der Waals surface area contributed by atoms with Gasteiger partial charge in [0.2, 0.25) is 11.8 Å². The van der Waals surface area contributed by atoms with Crippen molar-refractivity contribution in [3.05, 3.63) is 69.5 Å². The van der Waals surface area contributed by atoms with E-state index in [4.69, 9.17) is 23.2 Å². The third kappa shape index (κ3) is 5.68. The molecular weight excluding hydrogens is 390 g/mol. The van der Waals surface area contributed by atoms with Crippen molar-refractivity contribution in [2.24, 2.45) is 0 Å². The van der Waals surface area contributed by atoms with Crippen LogP contribution in [0.1, 0.15) is 24.5 Å². The van der Waals surface area contributed by atoms with Gasteiger partial charge in [-0.3, -0.25) is 9.59 Å². The second kappa shape index (κ2) is 9.72. The minimum atomic E-state index is -0.629. The van der Waals surface area contributed by atoms with Crippen LogP contribution in [-0.4, -0.2) is 29.8 Å². The van der Waals surface area contributed by atoms with E-state index in [9.17, 15) is 14.0 Å². The molecule has 2 amide bonds. The van der Waals surface area contributed by atoms with Gasteiger partial charge in [-0.15, -0.1) is 0 Å². The van der Waals surface area contributed by atoms with Crippen molar-refractivity contribution in [1.82, 2.24) is 10.2 Å². The van der Waals surface area contributed by atoms with Gasteiger partial charge in [-0.05, 0) is 41.8 Å². The fraction of sp³-hybridized carbons (Fsp3) is 0.300. The molecule has 0 aliphatic heterocycles. The second-order valence-electron chi connectivity index (χ2n) is 6.11. The van der Waals surface area contributed by atoms with E-state index in [1.165, 1.54) is 24.1 Å². The molecule has 0 aliphatic rings. The van der Waals surface area contributed by atoms with Crippen molar-refractivity contribution in [2.45, 2.75) is 32.4 Å². The van der Waals surface area contributed by atoms with Crippen molar-refractivity contribution in [1.29, 1.82) is 0 Å². The Hall–Kier alpha value is -2.11. The van der Waals surface area contributed by atoms with Crippen LogP contribution in [0.3, 0.4) is 0 Å². The normalized spacial score (nSPS) is 11.7. The Kier molecular flexibility index (Phi) is 7.63. The van der Waals surface area contributed by atoms with E-state index in [-0.39, 0.29) is 30.6 Å². The first-order valence-electron chi connectivity index (χ1n) is 8.55.